The molecule has 0 heterocycles. The van der Waals surface area contributed by atoms with E-state index in [2.05, 4.69) is 10.1 Å². The van der Waals surface area contributed by atoms with Gasteiger partial charge >= 0.3 is 12.1 Å². The molecule has 2 aromatic rings. The van der Waals surface area contributed by atoms with Gasteiger partial charge in [0.1, 0.15) is 23.9 Å². The van der Waals surface area contributed by atoms with Crippen molar-refractivity contribution in [2.75, 3.05) is 13.2 Å². The highest BCUT2D eigenvalue weighted by Crippen LogP contribution is 2.25. The van der Waals surface area contributed by atoms with Crippen LogP contribution in [0, 0.1) is 5.41 Å². The SMILES string of the molecule is N=C(N)c1cccc(OCCNC(=O)c2ccc(C(N)=O)cc2OC(=O)C(F)(F)F)c1. The Morgan fingerprint density at radius 3 is 2.35 bits per heavy atom. The molecular formula is C19H17F3N4O5. The van der Waals surface area contributed by atoms with Crippen molar-refractivity contribution in [3.8, 4) is 11.5 Å². The van der Waals surface area contributed by atoms with Crippen LogP contribution in [-0.4, -0.2) is 42.9 Å². The van der Waals surface area contributed by atoms with E-state index >= 15 is 0 Å². The largest absolute Gasteiger partial charge is 0.492 e. The number of esters is 1. The first-order valence-electron chi connectivity index (χ1n) is 8.57. The summed E-state index contributed by atoms with van der Waals surface area (Å²) in [6.07, 6.45) is -5.31. The minimum absolute atomic E-state index is 0.0237. The molecule has 0 saturated carbocycles. The third kappa shape index (κ3) is 6.45. The molecule has 0 atom stereocenters. The number of ether oxygens (including phenoxy) is 2. The number of hydrogen-bond donors (Lipinski definition) is 4. The first-order valence-corrected chi connectivity index (χ1v) is 8.57. The first kappa shape index (κ1) is 23.2. The summed E-state index contributed by atoms with van der Waals surface area (Å²) in [5.41, 5.74) is 10.2. The molecule has 0 unspecified atom stereocenters. The molecule has 0 aliphatic carbocycles. The predicted octanol–water partition coefficient (Wildman–Crippen LogP) is 1.35. The smallest absolute Gasteiger partial charge is 0.491 e. The molecule has 2 amide bonds. The Bertz CT molecular complexity index is 1020. The highest BCUT2D eigenvalue weighted by Gasteiger charge is 2.42. The van der Waals surface area contributed by atoms with Gasteiger partial charge in [-0.25, -0.2) is 4.79 Å². The second-order valence-electron chi connectivity index (χ2n) is 6.01. The van der Waals surface area contributed by atoms with Crippen molar-refractivity contribution >= 4 is 23.6 Å². The Kier molecular flexibility index (Phi) is 7.19. The fraction of sp³-hybridized carbons (Fsp3) is 0.158. The Labute approximate surface area is 173 Å². The lowest BCUT2D eigenvalue weighted by molar-refractivity contribution is -0.189. The van der Waals surface area contributed by atoms with Crippen LogP contribution in [0.25, 0.3) is 0 Å². The molecule has 0 aliphatic heterocycles. The van der Waals surface area contributed by atoms with Gasteiger partial charge in [-0.3, -0.25) is 15.0 Å². The van der Waals surface area contributed by atoms with E-state index in [4.69, 9.17) is 21.6 Å². The zero-order valence-corrected chi connectivity index (χ0v) is 15.8. The van der Waals surface area contributed by atoms with Gasteiger partial charge in [0.25, 0.3) is 5.91 Å². The van der Waals surface area contributed by atoms with Crippen molar-refractivity contribution in [2.24, 2.45) is 11.5 Å². The number of carbonyl (C=O) groups is 3. The van der Waals surface area contributed by atoms with Gasteiger partial charge in [0.15, 0.2) is 0 Å². The summed E-state index contributed by atoms with van der Waals surface area (Å²) >= 11 is 0. The van der Waals surface area contributed by atoms with Gasteiger partial charge in [0, 0.05) is 11.1 Å². The van der Waals surface area contributed by atoms with Crippen LogP contribution in [0.3, 0.4) is 0 Å². The van der Waals surface area contributed by atoms with Crippen LogP contribution in [0.1, 0.15) is 26.3 Å². The monoisotopic (exact) mass is 438 g/mol. The number of alkyl halides is 3. The summed E-state index contributed by atoms with van der Waals surface area (Å²) in [6.45, 7) is -0.0858. The average Bonchev–Trinajstić information content (AvgIpc) is 2.70. The molecule has 31 heavy (non-hydrogen) atoms. The number of hydrogen-bond acceptors (Lipinski definition) is 6. The molecule has 12 heteroatoms. The van der Waals surface area contributed by atoms with Gasteiger partial charge in [0.2, 0.25) is 5.91 Å². The van der Waals surface area contributed by atoms with Gasteiger partial charge in [-0.15, -0.1) is 0 Å². The van der Waals surface area contributed by atoms with Gasteiger partial charge in [-0.2, -0.15) is 13.2 Å². The first-order chi connectivity index (χ1) is 14.5. The number of nitrogen functional groups attached to an aromatic ring is 1. The quantitative estimate of drug-likeness (QED) is 0.160. The van der Waals surface area contributed by atoms with E-state index in [9.17, 15) is 27.6 Å². The van der Waals surface area contributed by atoms with Crippen molar-refractivity contribution in [2.45, 2.75) is 6.18 Å². The predicted molar refractivity (Wildman–Crippen MR) is 102 cm³/mol. The van der Waals surface area contributed by atoms with E-state index in [1.54, 1.807) is 18.2 Å². The molecule has 0 aromatic heterocycles. The highest BCUT2D eigenvalue weighted by molar-refractivity contribution is 6.00. The molecule has 2 aromatic carbocycles. The summed E-state index contributed by atoms with van der Waals surface area (Å²) in [7, 11) is 0. The Balaban J connectivity index is 2.06. The number of rotatable bonds is 8. The number of nitrogens with two attached hydrogens (primary N) is 2. The third-order valence-corrected chi connectivity index (χ3v) is 3.75. The standard InChI is InChI=1S/C19H17F3N4O5/c20-19(21,22)18(29)31-14-9-11(16(25)27)4-5-13(14)17(28)26-6-7-30-12-3-1-2-10(8-12)15(23)24/h1-5,8-9H,6-7H2,(H3,23,24)(H2,25,27)(H,26,28). The van der Waals surface area contributed by atoms with E-state index in [1.807, 2.05) is 0 Å². The summed E-state index contributed by atoms with van der Waals surface area (Å²) in [5, 5.41) is 9.76. The van der Waals surface area contributed by atoms with Crippen LogP contribution in [0.5, 0.6) is 11.5 Å². The van der Waals surface area contributed by atoms with Crippen molar-refractivity contribution in [1.82, 2.24) is 5.32 Å². The van der Waals surface area contributed by atoms with Crippen LogP contribution >= 0.6 is 0 Å². The molecule has 6 N–H and O–H groups in total. The zero-order valence-electron chi connectivity index (χ0n) is 15.8. The summed E-state index contributed by atoms with van der Waals surface area (Å²) in [6, 6.07) is 9.22. The van der Waals surface area contributed by atoms with Gasteiger partial charge < -0.3 is 26.3 Å². The van der Waals surface area contributed by atoms with Gasteiger partial charge in [0.05, 0.1) is 12.1 Å². The minimum Gasteiger partial charge on any atom is -0.492 e. The molecule has 0 spiro atoms. The van der Waals surface area contributed by atoms with E-state index in [1.165, 1.54) is 6.07 Å². The van der Waals surface area contributed by atoms with E-state index in [-0.39, 0.29) is 24.6 Å². The molecular weight excluding hydrogens is 421 g/mol. The van der Waals surface area contributed by atoms with E-state index < -0.39 is 35.3 Å². The number of amidine groups is 1. The Morgan fingerprint density at radius 2 is 1.74 bits per heavy atom. The number of carbonyl (C=O) groups excluding carboxylic acids is 3. The van der Waals surface area contributed by atoms with Gasteiger partial charge in [-0.05, 0) is 30.3 Å². The second kappa shape index (κ2) is 9.61. The number of amides is 2. The molecule has 0 fully saturated rings. The van der Waals surface area contributed by atoms with E-state index in [0.717, 1.165) is 18.2 Å². The van der Waals surface area contributed by atoms with Gasteiger partial charge in [-0.1, -0.05) is 12.1 Å². The van der Waals surface area contributed by atoms with Crippen LogP contribution in [0.2, 0.25) is 0 Å². The normalized spacial score (nSPS) is 10.8. The molecule has 0 saturated heterocycles. The topological polar surface area (TPSA) is 158 Å². The summed E-state index contributed by atoms with van der Waals surface area (Å²) in [5.74, 6) is -4.96. The maximum absolute atomic E-state index is 12.5. The third-order valence-electron chi connectivity index (χ3n) is 3.75. The van der Waals surface area contributed by atoms with Crippen molar-refractivity contribution in [3.63, 3.8) is 0 Å². The lowest BCUT2D eigenvalue weighted by Gasteiger charge is -2.13. The van der Waals surface area contributed by atoms with Crippen LogP contribution in [0.15, 0.2) is 42.5 Å². The van der Waals surface area contributed by atoms with Crippen LogP contribution in [-0.2, 0) is 4.79 Å². The van der Waals surface area contributed by atoms with Crippen molar-refractivity contribution < 1.29 is 37.0 Å². The minimum atomic E-state index is -5.31. The zero-order chi connectivity index (χ0) is 23.2. The summed E-state index contributed by atoms with van der Waals surface area (Å²) in [4.78, 5) is 34.7. The highest BCUT2D eigenvalue weighted by atomic mass is 19.4. The molecule has 164 valence electrons. The fourth-order valence-electron chi connectivity index (χ4n) is 2.29. The van der Waals surface area contributed by atoms with Crippen molar-refractivity contribution in [3.05, 3.63) is 59.2 Å². The average molecular weight is 438 g/mol. The second-order valence-corrected chi connectivity index (χ2v) is 6.01. The lowest BCUT2D eigenvalue weighted by atomic mass is 10.1. The van der Waals surface area contributed by atoms with Crippen LogP contribution < -0.4 is 26.3 Å². The lowest BCUT2D eigenvalue weighted by Crippen LogP contribution is -2.31. The fourth-order valence-corrected chi connectivity index (χ4v) is 2.29. The van der Waals surface area contributed by atoms with E-state index in [0.29, 0.717) is 11.3 Å². The number of nitrogens with one attached hydrogen (secondary N) is 2. The molecule has 2 rings (SSSR count). The molecule has 0 bridgehead atoms. The Hall–Kier alpha value is -4.09. The van der Waals surface area contributed by atoms with Crippen molar-refractivity contribution in [1.29, 1.82) is 5.41 Å². The number of benzene rings is 2. The Morgan fingerprint density at radius 1 is 1.03 bits per heavy atom. The molecule has 9 nitrogen and oxygen atoms in total. The molecule has 0 aliphatic rings. The van der Waals surface area contributed by atoms with Crippen LogP contribution in [0.4, 0.5) is 13.2 Å². The maximum Gasteiger partial charge on any atom is 0.491 e. The number of primary amides is 1. The summed E-state index contributed by atoms with van der Waals surface area (Å²) < 4.78 is 47.2. The molecule has 0 radical (unpaired) electrons. The number of halogens is 3. The maximum atomic E-state index is 12.5.